The van der Waals surface area contributed by atoms with E-state index < -0.39 is 28.5 Å². The Kier molecular flexibility index (Phi) is 11.1. The second-order valence-electron chi connectivity index (χ2n) is 9.54. The van der Waals surface area contributed by atoms with E-state index in [2.05, 4.69) is 21.2 Å². The van der Waals surface area contributed by atoms with Crippen molar-refractivity contribution in [3.63, 3.8) is 0 Å². The van der Waals surface area contributed by atoms with E-state index in [0.29, 0.717) is 6.42 Å². The monoisotopic (exact) mass is 667 g/mol. The van der Waals surface area contributed by atoms with E-state index >= 15 is 0 Å². The molecule has 0 fully saturated rings. The van der Waals surface area contributed by atoms with Crippen LogP contribution in [0.3, 0.4) is 0 Å². The molecule has 0 unspecified atom stereocenters. The fraction of sp³-hybridized carbons (Fsp3) is 0.310. The minimum absolute atomic E-state index is 0.00578. The van der Waals surface area contributed by atoms with E-state index in [1.165, 1.54) is 29.2 Å². The second-order valence-corrected chi connectivity index (χ2v) is 13.1. The summed E-state index contributed by atoms with van der Waals surface area (Å²) in [6.45, 7) is 6.76. The van der Waals surface area contributed by atoms with Crippen LogP contribution in [0.25, 0.3) is 0 Å². The Hall–Kier alpha value is -2.59. The maximum absolute atomic E-state index is 14.0. The van der Waals surface area contributed by atoms with Gasteiger partial charge < -0.3 is 10.2 Å². The molecule has 0 saturated carbocycles. The molecule has 0 bridgehead atoms. The van der Waals surface area contributed by atoms with Crippen molar-refractivity contribution in [3.8, 4) is 0 Å². The second kappa shape index (κ2) is 13.9. The van der Waals surface area contributed by atoms with Crippen LogP contribution >= 0.6 is 39.1 Å². The molecule has 2 amide bonds. The van der Waals surface area contributed by atoms with Crippen molar-refractivity contribution in [3.05, 3.63) is 92.4 Å². The number of hydrogen-bond donors (Lipinski definition) is 1. The Balaban J connectivity index is 2.07. The summed E-state index contributed by atoms with van der Waals surface area (Å²) in [6.07, 6.45) is 0.716. The van der Waals surface area contributed by atoms with Crippen molar-refractivity contribution >= 4 is 66.7 Å². The van der Waals surface area contributed by atoms with Gasteiger partial charge in [-0.15, -0.1) is 0 Å². The topological polar surface area (TPSA) is 86.8 Å². The normalized spacial score (nSPS) is 12.9. The maximum Gasteiger partial charge on any atom is 0.264 e. The molecule has 0 aliphatic heterocycles. The molecular formula is C29H32BrCl2N3O4S. The van der Waals surface area contributed by atoms with Crippen LogP contribution in [-0.4, -0.2) is 43.8 Å². The average molecular weight is 669 g/mol. The number of anilines is 1. The van der Waals surface area contributed by atoms with Crippen LogP contribution in [0.5, 0.6) is 0 Å². The maximum atomic E-state index is 14.0. The minimum atomic E-state index is -4.25. The zero-order valence-electron chi connectivity index (χ0n) is 22.7. The molecule has 7 nitrogen and oxygen atoms in total. The van der Waals surface area contributed by atoms with E-state index in [9.17, 15) is 18.0 Å². The number of aryl methyl sites for hydroxylation is 1. The summed E-state index contributed by atoms with van der Waals surface area (Å²) < 4.78 is 29.6. The van der Waals surface area contributed by atoms with Gasteiger partial charge in [-0.25, -0.2) is 8.42 Å². The van der Waals surface area contributed by atoms with Crippen LogP contribution in [-0.2, 0) is 26.2 Å². The minimum Gasteiger partial charge on any atom is -0.352 e. The molecule has 40 heavy (non-hydrogen) atoms. The van der Waals surface area contributed by atoms with Gasteiger partial charge in [-0.05, 0) is 69.2 Å². The highest BCUT2D eigenvalue weighted by atomic mass is 79.9. The molecule has 0 heterocycles. The lowest BCUT2D eigenvalue weighted by molar-refractivity contribution is -0.139. The largest absolute Gasteiger partial charge is 0.352 e. The lowest BCUT2D eigenvalue weighted by Crippen LogP contribution is -2.52. The summed E-state index contributed by atoms with van der Waals surface area (Å²) in [7, 11) is -4.25. The highest BCUT2D eigenvalue weighted by molar-refractivity contribution is 9.10. The third-order valence-corrected chi connectivity index (χ3v) is 9.57. The van der Waals surface area contributed by atoms with Crippen molar-refractivity contribution in [1.29, 1.82) is 0 Å². The first-order valence-corrected chi connectivity index (χ1v) is 15.7. The number of sulfonamides is 1. The SMILES string of the molecule is CC[C@H](C)NC(=O)[C@H](C)N(Cc1cccc(Br)c1)C(=O)CN(c1cccc(Cl)c1Cl)S(=O)(=O)c1ccc(C)cc1. The number of hydrogen-bond acceptors (Lipinski definition) is 4. The molecule has 0 aliphatic carbocycles. The van der Waals surface area contributed by atoms with Crippen LogP contribution in [0.15, 0.2) is 76.1 Å². The lowest BCUT2D eigenvalue weighted by atomic mass is 10.1. The molecule has 3 aromatic rings. The van der Waals surface area contributed by atoms with Gasteiger partial charge in [0.15, 0.2) is 0 Å². The van der Waals surface area contributed by atoms with Gasteiger partial charge in [-0.3, -0.25) is 13.9 Å². The van der Waals surface area contributed by atoms with Gasteiger partial charge in [-0.1, -0.05) is 82.0 Å². The Morgan fingerprint density at radius 1 is 1.00 bits per heavy atom. The first-order valence-electron chi connectivity index (χ1n) is 12.7. The number of rotatable bonds is 11. The number of halogens is 3. The summed E-state index contributed by atoms with van der Waals surface area (Å²) in [5.41, 5.74) is 1.70. The van der Waals surface area contributed by atoms with Crippen LogP contribution in [0.4, 0.5) is 5.69 Å². The Labute approximate surface area is 254 Å². The van der Waals surface area contributed by atoms with Crippen molar-refractivity contribution in [2.75, 3.05) is 10.8 Å². The predicted molar refractivity (Wildman–Crippen MR) is 164 cm³/mol. The van der Waals surface area contributed by atoms with Crippen LogP contribution in [0, 0.1) is 6.92 Å². The number of benzene rings is 3. The van der Waals surface area contributed by atoms with Gasteiger partial charge in [0.2, 0.25) is 11.8 Å². The number of carbonyl (C=O) groups excluding carboxylic acids is 2. The standard InChI is InChI=1S/C29H32BrCl2N3O4S/c1-5-20(3)33-29(37)21(4)34(17-22-8-6-9-23(30)16-22)27(36)18-35(26-11-7-10-25(31)28(26)32)40(38,39)24-14-12-19(2)13-15-24/h6-16,20-21H,5,17-18H2,1-4H3,(H,33,37)/t20-,21-/m0/s1. The first kappa shape index (κ1) is 31.9. The molecule has 3 rings (SSSR count). The van der Waals surface area contributed by atoms with Gasteiger partial charge in [0, 0.05) is 17.1 Å². The summed E-state index contributed by atoms with van der Waals surface area (Å²) >= 11 is 16.2. The molecule has 0 spiro atoms. The molecule has 0 radical (unpaired) electrons. The zero-order chi connectivity index (χ0) is 29.6. The smallest absolute Gasteiger partial charge is 0.264 e. The fourth-order valence-electron chi connectivity index (χ4n) is 3.92. The van der Waals surface area contributed by atoms with Gasteiger partial charge in [0.25, 0.3) is 10.0 Å². The summed E-state index contributed by atoms with van der Waals surface area (Å²) in [5, 5.41) is 3.05. The number of carbonyl (C=O) groups is 2. The molecule has 214 valence electrons. The van der Waals surface area contributed by atoms with Gasteiger partial charge in [0.05, 0.1) is 20.6 Å². The molecular weight excluding hydrogens is 637 g/mol. The molecule has 0 saturated heterocycles. The van der Waals surface area contributed by atoms with Crippen molar-refractivity contribution in [2.24, 2.45) is 0 Å². The van der Waals surface area contributed by atoms with E-state index in [1.54, 1.807) is 25.1 Å². The Morgan fingerprint density at radius 3 is 2.27 bits per heavy atom. The van der Waals surface area contributed by atoms with Gasteiger partial charge >= 0.3 is 0 Å². The first-order chi connectivity index (χ1) is 18.8. The molecule has 0 aromatic heterocycles. The fourth-order valence-corrected chi connectivity index (χ4v) is 6.24. The number of amides is 2. The van der Waals surface area contributed by atoms with Crippen molar-refractivity contribution in [1.82, 2.24) is 10.2 Å². The van der Waals surface area contributed by atoms with Crippen LogP contribution < -0.4 is 9.62 Å². The number of nitrogens with one attached hydrogen (secondary N) is 1. The Bertz CT molecular complexity index is 1470. The Morgan fingerprint density at radius 2 is 1.65 bits per heavy atom. The van der Waals surface area contributed by atoms with E-state index in [1.807, 2.05) is 45.0 Å². The zero-order valence-corrected chi connectivity index (χ0v) is 26.6. The van der Waals surface area contributed by atoms with Gasteiger partial charge in [-0.2, -0.15) is 0 Å². The molecule has 1 N–H and O–H groups in total. The average Bonchev–Trinajstić information content (AvgIpc) is 2.91. The summed E-state index contributed by atoms with van der Waals surface area (Å²) in [4.78, 5) is 28.5. The van der Waals surface area contributed by atoms with E-state index in [0.717, 1.165) is 19.9 Å². The number of nitrogens with zero attached hydrogens (tertiary/aromatic N) is 2. The molecule has 0 aliphatic rings. The molecule has 11 heteroatoms. The highest BCUT2D eigenvalue weighted by Gasteiger charge is 2.34. The molecule has 2 atom stereocenters. The highest BCUT2D eigenvalue weighted by Crippen LogP contribution is 2.35. The van der Waals surface area contributed by atoms with Crippen molar-refractivity contribution < 1.29 is 18.0 Å². The van der Waals surface area contributed by atoms with Crippen LogP contribution in [0.1, 0.15) is 38.3 Å². The van der Waals surface area contributed by atoms with Gasteiger partial charge in [0.1, 0.15) is 12.6 Å². The van der Waals surface area contributed by atoms with E-state index in [-0.39, 0.29) is 39.1 Å². The third kappa shape index (κ3) is 7.78. The quantitative estimate of drug-likeness (QED) is 0.250. The summed E-state index contributed by atoms with van der Waals surface area (Å²) in [5.74, 6) is -0.926. The molecule has 3 aromatic carbocycles. The van der Waals surface area contributed by atoms with Crippen LogP contribution in [0.2, 0.25) is 10.0 Å². The third-order valence-electron chi connectivity index (χ3n) is 6.50. The van der Waals surface area contributed by atoms with Crippen molar-refractivity contribution in [2.45, 2.75) is 57.6 Å². The lowest BCUT2D eigenvalue weighted by Gasteiger charge is -2.32. The summed E-state index contributed by atoms with van der Waals surface area (Å²) in [6, 6.07) is 17.3. The van der Waals surface area contributed by atoms with E-state index in [4.69, 9.17) is 23.2 Å². The predicted octanol–water partition coefficient (Wildman–Crippen LogP) is 6.59.